The SMILES string of the molecule is Cc1nc(-c2cnc3[nH]ccc3c2NC2C[C@@H]3CN(C(=O)[C@H](C)O)C[C@@H]3C2)sc1C1(C(=O)O)CCC1. The van der Waals surface area contributed by atoms with Crippen LogP contribution in [0.1, 0.15) is 49.6 Å². The molecule has 3 aliphatic rings. The fraction of sp³-hybridized carbons (Fsp3) is 0.538. The number of pyridine rings is 1. The highest BCUT2D eigenvalue weighted by molar-refractivity contribution is 7.15. The quantitative estimate of drug-likeness (QED) is 0.400. The number of aliphatic hydroxyl groups excluding tert-OH is 1. The lowest BCUT2D eigenvalue weighted by molar-refractivity contribution is -0.147. The highest BCUT2D eigenvalue weighted by Crippen LogP contribution is 2.50. The molecule has 3 fully saturated rings. The first-order valence-corrected chi connectivity index (χ1v) is 13.5. The number of hydrogen-bond donors (Lipinski definition) is 4. The summed E-state index contributed by atoms with van der Waals surface area (Å²) in [5.74, 6) is -0.106. The van der Waals surface area contributed by atoms with E-state index in [0.29, 0.717) is 37.8 Å². The minimum Gasteiger partial charge on any atom is -0.481 e. The Morgan fingerprint density at radius 2 is 2.00 bits per heavy atom. The zero-order valence-corrected chi connectivity index (χ0v) is 21.3. The van der Waals surface area contributed by atoms with Crippen LogP contribution in [0.25, 0.3) is 21.6 Å². The first-order chi connectivity index (χ1) is 17.3. The van der Waals surface area contributed by atoms with Crippen LogP contribution >= 0.6 is 11.3 Å². The molecule has 4 N–H and O–H groups in total. The minimum atomic E-state index is -0.953. The van der Waals surface area contributed by atoms with Gasteiger partial charge in [0.05, 0.1) is 16.9 Å². The number of carboxylic acid groups (broad SMARTS) is 1. The average molecular weight is 510 g/mol. The minimum absolute atomic E-state index is 0.181. The second-order valence-corrected chi connectivity index (χ2v) is 11.7. The highest BCUT2D eigenvalue weighted by Gasteiger charge is 2.49. The number of carbonyl (C=O) groups is 2. The zero-order valence-electron chi connectivity index (χ0n) is 20.5. The first kappa shape index (κ1) is 23.4. The number of carboxylic acids is 1. The Kier molecular flexibility index (Phi) is 5.56. The summed E-state index contributed by atoms with van der Waals surface area (Å²) in [5, 5.41) is 25.2. The van der Waals surface area contributed by atoms with Crippen molar-refractivity contribution in [1.82, 2.24) is 19.9 Å². The van der Waals surface area contributed by atoms with Crippen molar-refractivity contribution in [2.45, 2.75) is 63.5 Å². The Hall–Kier alpha value is -2.98. The lowest BCUT2D eigenvalue weighted by Gasteiger charge is -2.36. The van der Waals surface area contributed by atoms with Gasteiger partial charge >= 0.3 is 5.97 Å². The molecule has 0 aromatic carbocycles. The predicted molar refractivity (Wildman–Crippen MR) is 137 cm³/mol. The van der Waals surface area contributed by atoms with Crippen molar-refractivity contribution < 1.29 is 19.8 Å². The number of nitrogens with zero attached hydrogens (tertiary/aromatic N) is 3. The third-order valence-corrected chi connectivity index (χ3v) is 9.83. The molecule has 0 radical (unpaired) electrons. The second kappa shape index (κ2) is 8.55. The fourth-order valence-electron chi connectivity index (χ4n) is 6.42. The maximum absolute atomic E-state index is 12.2. The maximum Gasteiger partial charge on any atom is 0.315 e. The van der Waals surface area contributed by atoms with Gasteiger partial charge in [0.1, 0.15) is 22.2 Å². The molecular weight excluding hydrogens is 478 g/mol. The van der Waals surface area contributed by atoms with E-state index in [4.69, 9.17) is 4.98 Å². The molecule has 4 atom stereocenters. The number of nitrogens with one attached hydrogen (secondary N) is 2. The van der Waals surface area contributed by atoms with Crippen molar-refractivity contribution in [3.05, 3.63) is 29.0 Å². The van der Waals surface area contributed by atoms with Crippen LogP contribution in [0.5, 0.6) is 0 Å². The lowest BCUT2D eigenvalue weighted by atomic mass is 9.67. The Bertz CT molecular complexity index is 1330. The molecule has 2 saturated carbocycles. The number of carbonyl (C=O) groups excluding carboxylic acids is 1. The molecule has 1 saturated heterocycles. The fourth-order valence-corrected chi connectivity index (χ4v) is 7.74. The van der Waals surface area contributed by atoms with Gasteiger partial charge in [-0.3, -0.25) is 9.59 Å². The number of hydrogen-bond acceptors (Lipinski definition) is 7. The molecule has 10 heteroatoms. The summed E-state index contributed by atoms with van der Waals surface area (Å²) in [6, 6.07) is 2.26. The molecule has 190 valence electrons. The predicted octanol–water partition coefficient (Wildman–Crippen LogP) is 3.53. The molecule has 1 unspecified atom stereocenters. The monoisotopic (exact) mass is 509 g/mol. The van der Waals surface area contributed by atoms with Gasteiger partial charge in [-0.15, -0.1) is 11.3 Å². The number of aromatic nitrogens is 3. The van der Waals surface area contributed by atoms with Crippen LogP contribution < -0.4 is 5.32 Å². The van der Waals surface area contributed by atoms with Gasteiger partial charge in [0.15, 0.2) is 0 Å². The van der Waals surface area contributed by atoms with Crippen LogP contribution in [0.4, 0.5) is 5.69 Å². The van der Waals surface area contributed by atoms with Crippen LogP contribution in [0, 0.1) is 18.8 Å². The van der Waals surface area contributed by atoms with Crippen LogP contribution in [-0.4, -0.2) is 67.2 Å². The van der Waals surface area contributed by atoms with E-state index < -0.39 is 17.5 Å². The number of fused-ring (bicyclic) bond motifs is 2. The van der Waals surface area contributed by atoms with Crippen LogP contribution in [0.15, 0.2) is 18.5 Å². The summed E-state index contributed by atoms with van der Waals surface area (Å²) in [7, 11) is 0. The van der Waals surface area contributed by atoms with Crippen LogP contribution in [-0.2, 0) is 15.0 Å². The second-order valence-electron chi connectivity index (χ2n) is 10.7. The van der Waals surface area contributed by atoms with E-state index in [9.17, 15) is 19.8 Å². The molecule has 2 aliphatic carbocycles. The molecule has 3 aromatic rings. The van der Waals surface area contributed by atoms with E-state index in [1.807, 2.05) is 25.4 Å². The number of likely N-dealkylation sites (tertiary alicyclic amines) is 1. The summed E-state index contributed by atoms with van der Waals surface area (Å²) >= 11 is 1.48. The molecule has 3 aromatic heterocycles. The number of thiazole rings is 1. The van der Waals surface area contributed by atoms with Gasteiger partial charge in [-0.05, 0) is 57.4 Å². The number of H-pyrrole nitrogens is 1. The van der Waals surface area contributed by atoms with Crippen LogP contribution in [0.2, 0.25) is 0 Å². The van der Waals surface area contributed by atoms with Gasteiger partial charge < -0.3 is 25.4 Å². The Labute approximate surface area is 213 Å². The van der Waals surface area contributed by atoms with Gasteiger partial charge in [0, 0.05) is 41.8 Å². The number of anilines is 1. The van der Waals surface area contributed by atoms with Crippen molar-refractivity contribution >= 4 is 39.9 Å². The van der Waals surface area contributed by atoms with Crippen molar-refractivity contribution in [1.29, 1.82) is 0 Å². The number of aliphatic hydroxyl groups is 1. The number of amides is 1. The Morgan fingerprint density at radius 1 is 1.28 bits per heavy atom. The van der Waals surface area contributed by atoms with Crippen molar-refractivity contribution in [2.24, 2.45) is 11.8 Å². The van der Waals surface area contributed by atoms with Gasteiger partial charge in [-0.1, -0.05) is 6.42 Å². The van der Waals surface area contributed by atoms with Crippen molar-refractivity contribution in [3.8, 4) is 10.6 Å². The summed E-state index contributed by atoms with van der Waals surface area (Å²) in [4.78, 5) is 39.7. The van der Waals surface area contributed by atoms with Gasteiger partial charge in [0.2, 0.25) is 0 Å². The topological polar surface area (TPSA) is 131 Å². The zero-order chi connectivity index (χ0) is 25.2. The summed E-state index contributed by atoms with van der Waals surface area (Å²) in [6.45, 7) is 4.83. The van der Waals surface area contributed by atoms with Crippen molar-refractivity contribution in [2.75, 3.05) is 18.4 Å². The third kappa shape index (κ3) is 3.61. The molecular formula is C26H31N5O4S. The maximum atomic E-state index is 12.2. The number of aliphatic carboxylic acids is 1. The van der Waals surface area contributed by atoms with E-state index in [1.165, 1.54) is 18.3 Å². The van der Waals surface area contributed by atoms with E-state index in [-0.39, 0.29) is 11.9 Å². The normalized spacial score (nSPS) is 25.5. The molecule has 0 bridgehead atoms. The van der Waals surface area contributed by atoms with Gasteiger partial charge in [0.25, 0.3) is 5.91 Å². The molecule has 4 heterocycles. The standard InChI is InChI=1S/C26H31N5O4S/c1-13-21(26(25(34)35)5-3-6-26)36-23(29-13)19-10-28-22-18(4-7-27-22)20(19)30-17-8-15-11-31(12-16(15)9-17)24(33)14(2)32/h4,7,10,14-17,32H,3,5-6,8-9,11-12H2,1-2H3,(H,34,35)(H2,27,28,30)/t14-,15-,16+,17?/m0/s1. The molecule has 36 heavy (non-hydrogen) atoms. The van der Waals surface area contributed by atoms with Crippen LogP contribution in [0.3, 0.4) is 0 Å². The molecule has 1 amide bonds. The third-order valence-electron chi connectivity index (χ3n) is 8.43. The smallest absolute Gasteiger partial charge is 0.315 e. The summed E-state index contributed by atoms with van der Waals surface area (Å²) in [6.07, 6.45) is 6.89. The van der Waals surface area contributed by atoms with E-state index in [1.54, 1.807) is 4.90 Å². The highest BCUT2D eigenvalue weighted by atomic mass is 32.1. The average Bonchev–Trinajstić information content (AvgIpc) is 3.56. The summed E-state index contributed by atoms with van der Waals surface area (Å²) < 4.78 is 0. The first-order valence-electron chi connectivity index (χ1n) is 12.7. The number of aromatic amines is 1. The van der Waals surface area contributed by atoms with E-state index >= 15 is 0 Å². The van der Waals surface area contributed by atoms with Gasteiger partial charge in [-0.2, -0.15) is 0 Å². The molecule has 6 rings (SSSR count). The van der Waals surface area contributed by atoms with E-state index in [0.717, 1.165) is 57.1 Å². The molecule has 9 nitrogen and oxygen atoms in total. The Balaban J connectivity index is 1.29. The molecule has 0 spiro atoms. The molecule has 1 aliphatic heterocycles. The van der Waals surface area contributed by atoms with E-state index in [2.05, 4.69) is 15.3 Å². The van der Waals surface area contributed by atoms with Crippen molar-refractivity contribution in [3.63, 3.8) is 0 Å². The number of rotatable bonds is 6. The number of aryl methyl sites for hydroxylation is 1. The largest absolute Gasteiger partial charge is 0.481 e. The van der Waals surface area contributed by atoms with Gasteiger partial charge in [-0.25, -0.2) is 9.97 Å². The summed E-state index contributed by atoms with van der Waals surface area (Å²) in [5.41, 5.74) is 2.64. The Morgan fingerprint density at radius 3 is 2.61 bits per heavy atom. The lowest BCUT2D eigenvalue weighted by Crippen LogP contribution is -2.42.